The SMILES string of the molecule is COCc1nc2cccnc2n1C1CCN(C[C@@H]2CC=CCC2)CC1. The second kappa shape index (κ2) is 7.67. The number of aromatic nitrogens is 3. The summed E-state index contributed by atoms with van der Waals surface area (Å²) >= 11 is 0. The zero-order valence-corrected chi connectivity index (χ0v) is 15.1. The first-order chi connectivity index (χ1) is 12.3. The molecule has 0 amide bonds. The Morgan fingerprint density at radius 3 is 2.84 bits per heavy atom. The number of imidazole rings is 1. The molecular weight excluding hydrogens is 312 g/mol. The number of piperidine rings is 1. The highest BCUT2D eigenvalue weighted by Crippen LogP contribution is 2.29. The van der Waals surface area contributed by atoms with Crippen molar-refractivity contribution in [3.8, 4) is 0 Å². The number of hydrogen-bond acceptors (Lipinski definition) is 4. The molecule has 1 atom stereocenters. The van der Waals surface area contributed by atoms with Crippen molar-refractivity contribution in [2.45, 2.75) is 44.8 Å². The Bertz CT molecular complexity index is 730. The summed E-state index contributed by atoms with van der Waals surface area (Å²) in [5.74, 6) is 1.86. The second-order valence-electron chi connectivity index (χ2n) is 7.36. The minimum atomic E-state index is 0.479. The van der Waals surface area contributed by atoms with Crippen molar-refractivity contribution in [2.24, 2.45) is 5.92 Å². The van der Waals surface area contributed by atoms with E-state index >= 15 is 0 Å². The van der Waals surface area contributed by atoms with Crippen LogP contribution in [0.15, 0.2) is 30.5 Å². The highest BCUT2D eigenvalue weighted by molar-refractivity contribution is 5.71. The molecule has 1 fully saturated rings. The van der Waals surface area contributed by atoms with Gasteiger partial charge in [0.2, 0.25) is 0 Å². The van der Waals surface area contributed by atoms with Gasteiger partial charge in [0.05, 0.1) is 0 Å². The fourth-order valence-corrected chi connectivity index (χ4v) is 4.34. The predicted octanol–water partition coefficient (Wildman–Crippen LogP) is 3.57. The lowest BCUT2D eigenvalue weighted by atomic mass is 9.93. The van der Waals surface area contributed by atoms with Crippen LogP contribution in [0.5, 0.6) is 0 Å². The molecule has 2 aromatic heterocycles. The first kappa shape index (κ1) is 16.7. The smallest absolute Gasteiger partial charge is 0.160 e. The van der Waals surface area contributed by atoms with E-state index in [4.69, 9.17) is 9.72 Å². The van der Waals surface area contributed by atoms with Crippen molar-refractivity contribution < 1.29 is 4.74 Å². The molecule has 1 saturated heterocycles. The molecule has 0 N–H and O–H groups in total. The highest BCUT2D eigenvalue weighted by atomic mass is 16.5. The van der Waals surface area contributed by atoms with Gasteiger partial charge in [-0.25, -0.2) is 9.97 Å². The number of rotatable bonds is 5. The number of methoxy groups -OCH3 is 1. The molecule has 0 spiro atoms. The standard InChI is InChI=1S/C20H28N4O/c1-25-15-19-22-18-8-5-11-21-20(18)24(19)17-9-12-23(13-10-17)14-16-6-3-2-4-7-16/h2-3,5,8,11,16-17H,4,6-7,9-10,12-15H2,1H3/t16-/m1/s1. The van der Waals surface area contributed by atoms with Crippen molar-refractivity contribution in [2.75, 3.05) is 26.7 Å². The molecular formula is C20H28N4O. The molecule has 1 aliphatic heterocycles. The van der Waals surface area contributed by atoms with E-state index in [0.717, 1.165) is 22.9 Å². The van der Waals surface area contributed by atoms with Crippen LogP contribution in [0.1, 0.15) is 44.0 Å². The van der Waals surface area contributed by atoms with Crippen LogP contribution >= 0.6 is 0 Å². The van der Waals surface area contributed by atoms with Crippen LogP contribution in [0.3, 0.4) is 0 Å². The summed E-state index contributed by atoms with van der Waals surface area (Å²) in [6.07, 6.45) is 12.8. The van der Waals surface area contributed by atoms with Gasteiger partial charge >= 0.3 is 0 Å². The molecule has 1 aliphatic carbocycles. The third kappa shape index (κ3) is 3.62. The fourth-order valence-electron chi connectivity index (χ4n) is 4.34. The molecule has 2 aliphatic rings. The van der Waals surface area contributed by atoms with Crippen LogP contribution in [0, 0.1) is 5.92 Å². The van der Waals surface area contributed by atoms with E-state index in [0.29, 0.717) is 12.6 Å². The van der Waals surface area contributed by atoms with Crippen LogP contribution in [-0.2, 0) is 11.3 Å². The molecule has 2 aromatic rings. The van der Waals surface area contributed by atoms with Gasteiger partial charge in [0.15, 0.2) is 5.65 Å². The molecule has 0 bridgehead atoms. The van der Waals surface area contributed by atoms with Crippen molar-refractivity contribution in [3.63, 3.8) is 0 Å². The van der Waals surface area contributed by atoms with Crippen LogP contribution in [0.4, 0.5) is 0 Å². The van der Waals surface area contributed by atoms with Crippen LogP contribution in [0.25, 0.3) is 11.2 Å². The topological polar surface area (TPSA) is 43.2 Å². The minimum absolute atomic E-state index is 0.479. The van der Waals surface area contributed by atoms with E-state index in [1.807, 2.05) is 18.3 Å². The third-order valence-electron chi connectivity index (χ3n) is 5.61. The summed E-state index contributed by atoms with van der Waals surface area (Å²) in [6, 6.07) is 4.48. The fraction of sp³-hybridized carbons (Fsp3) is 0.600. The van der Waals surface area contributed by atoms with E-state index in [9.17, 15) is 0 Å². The largest absolute Gasteiger partial charge is 0.377 e. The van der Waals surface area contributed by atoms with E-state index in [1.54, 1.807) is 7.11 Å². The van der Waals surface area contributed by atoms with Gasteiger partial charge in [-0.05, 0) is 50.2 Å². The summed E-state index contributed by atoms with van der Waals surface area (Å²) in [4.78, 5) is 12.0. The summed E-state index contributed by atoms with van der Waals surface area (Å²) in [5.41, 5.74) is 1.98. The maximum atomic E-state index is 5.38. The molecule has 134 valence electrons. The minimum Gasteiger partial charge on any atom is -0.377 e. The van der Waals surface area contributed by atoms with Crippen LogP contribution in [-0.4, -0.2) is 46.2 Å². The Labute approximate surface area is 149 Å². The number of likely N-dealkylation sites (tertiary alicyclic amines) is 1. The predicted molar refractivity (Wildman–Crippen MR) is 99.4 cm³/mol. The monoisotopic (exact) mass is 340 g/mol. The van der Waals surface area contributed by atoms with Crippen molar-refractivity contribution in [1.82, 2.24) is 19.4 Å². The van der Waals surface area contributed by atoms with Crippen LogP contribution < -0.4 is 0 Å². The molecule has 0 radical (unpaired) electrons. The average molecular weight is 340 g/mol. The van der Waals surface area contributed by atoms with Gasteiger partial charge in [0, 0.05) is 39.0 Å². The van der Waals surface area contributed by atoms with Crippen molar-refractivity contribution >= 4 is 11.2 Å². The van der Waals surface area contributed by atoms with Gasteiger partial charge in [-0.1, -0.05) is 12.2 Å². The van der Waals surface area contributed by atoms with Crippen LogP contribution in [0.2, 0.25) is 0 Å². The number of nitrogens with zero attached hydrogens (tertiary/aromatic N) is 4. The normalized spacial score (nSPS) is 22.7. The number of ether oxygens (including phenoxy) is 1. The van der Waals surface area contributed by atoms with E-state index < -0.39 is 0 Å². The number of allylic oxidation sites excluding steroid dienone is 2. The lowest BCUT2D eigenvalue weighted by Crippen LogP contribution is -2.38. The Morgan fingerprint density at radius 2 is 2.08 bits per heavy atom. The van der Waals surface area contributed by atoms with E-state index in [2.05, 4.69) is 26.6 Å². The molecule has 3 heterocycles. The molecule has 0 saturated carbocycles. The van der Waals surface area contributed by atoms with Gasteiger partial charge in [-0.3, -0.25) is 0 Å². The van der Waals surface area contributed by atoms with Gasteiger partial charge < -0.3 is 14.2 Å². The average Bonchev–Trinajstić information content (AvgIpc) is 3.02. The van der Waals surface area contributed by atoms with E-state index in [-0.39, 0.29) is 0 Å². The summed E-state index contributed by atoms with van der Waals surface area (Å²) < 4.78 is 7.72. The molecule has 0 aromatic carbocycles. The van der Waals surface area contributed by atoms with Gasteiger partial charge in [0.1, 0.15) is 17.9 Å². The van der Waals surface area contributed by atoms with E-state index in [1.165, 1.54) is 51.7 Å². The van der Waals surface area contributed by atoms with Gasteiger partial charge in [-0.2, -0.15) is 0 Å². The third-order valence-corrected chi connectivity index (χ3v) is 5.61. The van der Waals surface area contributed by atoms with Gasteiger partial charge in [0.25, 0.3) is 0 Å². The molecule has 0 unspecified atom stereocenters. The lowest BCUT2D eigenvalue weighted by Gasteiger charge is -2.35. The summed E-state index contributed by atoms with van der Waals surface area (Å²) in [6.45, 7) is 4.14. The maximum absolute atomic E-state index is 5.38. The summed E-state index contributed by atoms with van der Waals surface area (Å²) in [5, 5.41) is 0. The molecule has 4 rings (SSSR count). The van der Waals surface area contributed by atoms with Crippen molar-refractivity contribution in [3.05, 3.63) is 36.3 Å². The highest BCUT2D eigenvalue weighted by Gasteiger charge is 2.26. The second-order valence-corrected chi connectivity index (χ2v) is 7.36. The Balaban J connectivity index is 1.46. The summed E-state index contributed by atoms with van der Waals surface area (Å²) in [7, 11) is 1.73. The number of fused-ring (bicyclic) bond motifs is 1. The zero-order valence-electron chi connectivity index (χ0n) is 15.1. The number of pyridine rings is 1. The number of hydrogen-bond donors (Lipinski definition) is 0. The van der Waals surface area contributed by atoms with Crippen molar-refractivity contribution in [1.29, 1.82) is 0 Å². The van der Waals surface area contributed by atoms with Gasteiger partial charge in [-0.15, -0.1) is 0 Å². The first-order valence-electron chi connectivity index (χ1n) is 9.53. The first-order valence-corrected chi connectivity index (χ1v) is 9.53. The molecule has 25 heavy (non-hydrogen) atoms. The molecule has 5 nitrogen and oxygen atoms in total. The Morgan fingerprint density at radius 1 is 1.20 bits per heavy atom. The maximum Gasteiger partial charge on any atom is 0.160 e. The Hall–Kier alpha value is -1.72. The Kier molecular flexibility index (Phi) is 5.13. The molecule has 5 heteroatoms. The zero-order chi connectivity index (χ0) is 17.1. The lowest BCUT2D eigenvalue weighted by molar-refractivity contribution is 0.146. The quantitative estimate of drug-likeness (QED) is 0.781.